The van der Waals surface area contributed by atoms with Crippen LogP contribution < -0.4 is 16.0 Å². The molecule has 2 aliphatic carbocycles. The summed E-state index contributed by atoms with van der Waals surface area (Å²) >= 11 is 0. The average Bonchev–Trinajstić information content (AvgIpc) is 3.95. The van der Waals surface area contributed by atoms with E-state index in [1.54, 1.807) is 11.0 Å². The van der Waals surface area contributed by atoms with Crippen LogP contribution >= 0.6 is 0 Å². The molecule has 2 unspecified atom stereocenters. The second-order valence-corrected chi connectivity index (χ2v) is 11.6. The van der Waals surface area contributed by atoms with Gasteiger partial charge >= 0.3 is 6.03 Å². The van der Waals surface area contributed by atoms with E-state index >= 15 is 0 Å². The second-order valence-electron chi connectivity index (χ2n) is 11.6. The maximum atomic E-state index is 14.7. The van der Waals surface area contributed by atoms with Crippen LogP contribution in [-0.2, 0) is 6.54 Å². The topological polar surface area (TPSA) is 93.8 Å². The minimum Gasteiger partial charge on any atom is -0.349 e. The fraction of sp³-hybridized carbons (Fsp3) is 0.364. The van der Waals surface area contributed by atoms with E-state index in [0.717, 1.165) is 24.8 Å². The van der Waals surface area contributed by atoms with Crippen LogP contribution in [0.3, 0.4) is 0 Å². The first-order valence-electron chi connectivity index (χ1n) is 14.7. The first kappa shape index (κ1) is 27.9. The lowest BCUT2D eigenvalue weighted by Gasteiger charge is -2.35. The van der Waals surface area contributed by atoms with E-state index in [1.807, 2.05) is 42.5 Å². The fourth-order valence-corrected chi connectivity index (χ4v) is 5.51. The Morgan fingerprint density at radius 1 is 0.857 bits per heavy atom. The summed E-state index contributed by atoms with van der Waals surface area (Å²) < 4.78 is 14.7. The van der Waals surface area contributed by atoms with Gasteiger partial charge in [0.05, 0.1) is 5.69 Å². The van der Waals surface area contributed by atoms with Crippen LogP contribution in [0.15, 0.2) is 72.8 Å². The van der Waals surface area contributed by atoms with Gasteiger partial charge in [0, 0.05) is 62.4 Å². The highest BCUT2D eigenvalue weighted by molar-refractivity contribution is 5.96. The van der Waals surface area contributed by atoms with Gasteiger partial charge in [0.15, 0.2) is 0 Å². The number of halogens is 1. The van der Waals surface area contributed by atoms with Gasteiger partial charge in [-0.05, 0) is 66.6 Å². The summed E-state index contributed by atoms with van der Waals surface area (Å²) in [6.45, 7) is 3.65. The van der Waals surface area contributed by atoms with E-state index in [4.69, 9.17) is 0 Å². The van der Waals surface area contributed by atoms with Gasteiger partial charge in [-0.2, -0.15) is 0 Å². The maximum Gasteiger partial charge on any atom is 0.319 e. The second kappa shape index (κ2) is 12.3. The summed E-state index contributed by atoms with van der Waals surface area (Å²) in [7, 11) is 0. The van der Waals surface area contributed by atoms with Crippen LogP contribution in [0.2, 0.25) is 0 Å². The number of amides is 4. The molecule has 218 valence electrons. The van der Waals surface area contributed by atoms with Crippen molar-refractivity contribution in [2.24, 2.45) is 5.92 Å². The SMILES string of the molecule is O=C(NCC1CC1)Nc1ccc(C(=O)N2CCN(Cc3cccc(C(=O)NC4CC4c4ccccc4)c3)CC2)cc1F. The molecule has 8 nitrogen and oxygen atoms in total. The van der Waals surface area contributed by atoms with Crippen LogP contribution in [0, 0.1) is 11.7 Å². The van der Waals surface area contributed by atoms with Crippen molar-refractivity contribution in [1.82, 2.24) is 20.4 Å². The summed E-state index contributed by atoms with van der Waals surface area (Å²) in [5.41, 5.74) is 3.27. The standard InChI is InChI=1S/C33H36FN5O3/c34-28-18-26(11-12-29(28)37-33(42)35-20-22-9-10-22)32(41)39-15-13-38(14-16-39)21-23-5-4-8-25(17-23)31(40)36-30-19-27(30)24-6-2-1-3-7-24/h1-8,11-12,17-18,22,27,30H,9-10,13-16,19-21H2,(H,36,40)(H2,35,37,42). The Kier molecular flexibility index (Phi) is 8.19. The Bertz CT molecular complexity index is 1450. The molecule has 9 heteroatoms. The number of hydrogen-bond acceptors (Lipinski definition) is 4. The summed E-state index contributed by atoms with van der Waals surface area (Å²) in [6, 6.07) is 21.9. The highest BCUT2D eigenvalue weighted by atomic mass is 19.1. The number of nitrogens with zero attached hydrogens (tertiary/aromatic N) is 2. The van der Waals surface area contributed by atoms with Gasteiger partial charge in [-0.15, -0.1) is 0 Å². The third-order valence-corrected chi connectivity index (χ3v) is 8.30. The first-order chi connectivity index (χ1) is 20.4. The minimum absolute atomic E-state index is 0.0497. The zero-order chi connectivity index (χ0) is 29.1. The number of anilines is 1. The van der Waals surface area contributed by atoms with Gasteiger partial charge in [-0.3, -0.25) is 14.5 Å². The molecule has 6 rings (SSSR count). The van der Waals surface area contributed by atoms with Gasteiger partial charge in [-0.1, -0.05) is 42.5 Å². The molecule has 2 atom stereocenters. The Labute approximate surface area is 245 Å². The van der Waals surface area contributed by atoms with Crippen molar-refractivity contribution in [3.63, 3.8) is 0 Å². The Hall–Kier alpha value is -4.24. The lowest BCUT2D eigenvalue weighted by molar-refractivity contribution is 0.0627. The van der Waals surface area contributed by atoms with E-state index in [1.165, 1.54) is 17.7 Å². The molecule has 2 saturated carbocycles. The number of rotatable bonds is 9. The molecule has 3 aromatic carbocycles. The lowest BCUT2D eigenvalue weighted by atomic mass is 10.1. The Morgan fingerprint density at radius 2 is 1.64 bits per heavy atom. The molecule has 42 heavy (non-hydrogen) atoms. The highest BCUT2D eigenvalue weighted by Gasteiger charge is 2.39. The molecule has 0 bridgehead atoms. The summed E-state index contributed by atoms with van der Waals surface area (Å²) in [5, 5.41) is 8.42. The summed E-state index contributed by atoms with van der Waals surface area (Å²) in [4.78, 5) is 41.9. The zero-order valence-electron chi connectivity index (χ0n) is 23.5. The number of benzene rings is 3. The quantitative estimate of drug-likeness (QED) is 0.351. The molecule has 4 amide bonds. The summed E-state index contributed by atoms with van der Waals surface area (Å²) in [6.07, 6.45) is 3.19. The molecule has 1 aliphatic heterocycles. The molecule has 3 N–H and O–H groups in total. The van der Waals surface area contributed by atoms with Crippen LogP contribution in [0.25, 0.3) is 0 Å². The Balaban J connectivity index is 0.969. The molecular weight excluding hydrogens is 533 g/mol. The molecule has 0 spiro atoms. The average molecular weight is 570 g/mol. The number of piperazine rings is 1. The van der Waals surface area contributed by atoms with Crippen molar-refractivity contribution >= 4 is 23.5 Å². The number of nitrogens with one attached hydrogen (secondary N) is 3. The van der Waals surface area contributed by atoms with Crippen molar-refractivity contribution in [3.8, 4) is 0 Å². The third-order valence-electron chi connectivity index (χ3n) is 8.30. The molecule has 3 fully saturated rings. The van der Waals surface area contributed by atoms with Crippen LogP contribution in [0.1, 0.15) is 57.0 Å². The van der Waals surface area contributed by atoms with E-state index < -0.39 is 11.8 Å². The molecular formula is C33H36FN5O3. The molecule has 0 radical (unpaired) electrons. The number of hydrogen-bond donors (Lipinski definition) is 3. The van der Waals surface area contributed by atoms with E-state index in [0.29, 0.717) is 56.7 Å². The smallest absolute Gasteiger partial charge is 0.319 e. The molecule has 0 aromatic heterocycles. The number of urea groups is 1. The van der Waals surface area contributed by atoms with Crippen molar-refractivity contribution in [3.05, 3.63) is 101 Å². The van der Waals surface area contributed by atoms with Gasteiger partial charge < -0.3 is 20.9 Å². The van der Waals surface area contributed by atoms with Crippen LogP contribution in [-0.4, -0.2) is 66.4 Å². The normalized spacial score (nSPS) is 20.1. The minimum atomic E-state index is -0.637. The van der Waals surface area contributed by atoms with Crippen molar-refractivity contribution in [2.45, 2.75) is 37.8 Å². The summed E-state index contributed by atoms with van der Waals surface area (Å²) in [5.74, 6) is -0.0128. The van der Waals surface area contributed by atoms with Crippen LogP contribution in [0.4, 0.5) is 14.9 Å². The molecule has 3 aromatic rings. The van der Waals surface area contributed by atoms with Gasteiger partial charge in [0.2, 0.25) is 0 Å². The molecule has 1 saturated heterocycles. The molecule has 3 aliphatic rings. The van der Waals surface area contributed by atoms with Crippen molar-refractivity contribution in [2.75, 3.05) is 38.0 Å². The van der Waals surface area contributed by atoms with Gasteiger partial charge in [0.25, 0.3) is 11.8 Å². The number of carbonyl (C=O) groups excluding carboxylic acids is 3. The van der Waals surface area contributed by atoms with E-state index in [-0.39, 0.29) is 29.1 Å². The maximum absolute atomic E-state index is 14.7. The largest absolute Gasteiger partial charge is 0.349 e. The Morgan fingerprint density at radius 3 is 2.38 bits per heavy atom. The molecule has 1 heterocycles. The van der Waals surface area contributed by atoms with E-state index in [2.05, 4.69) is 33.0 Å². The van der Waals surface area contributed by atoms with Crippen LogP contribution in [0.5, 0.6) is 0 Å². The monoisotopic (exact) mass is 569 g/mol. The fourth-order valence-electron chi connectivity index (χ4n) is 5.51. The van der Waals surface area contributed by atoms with Gasteiger partial charge in [0.1, 0.15) is 5.82 Å². The van der Waals surface area contributed by atoms with Gasteiger partial charge in [-0.25, -0.2) is 9.18 Å². The van der Waals surface area contributed by atoms with Crippen molar-refractivity contribution in [1.29, 1.82) is 0 Å². The highest BCUT2D eigenvalue weighted by Crippen LogP contribution is 2.40. The van der Waals surface area contributed by atoms with Crippen molar-refractivity contribution < 1.29 is 18.8 Å². The third kappa shape index (κ3) is 6.97. The zero-order valence-corrected chi connectivity index (χ0v) is 23.5. The number of carbonyl (C=O) groups is 3. The predicted octanol–water partition coefficient (Wildman–Crippen LogP) is 4.60. The lowest BCUT2D eigenvalue weighted by Crippen LogP contribution is -2.48. The predicted molar refractivity (Wildman–Crippen MR) is 159 cm³/mol. The van der Waals surface area contributed by atoms with E-state index in [9.17, 15) is 18.8 Å². The first-order valence-corrected chi connectivity index (χ1v) is 14.7.